The zero-order chi connectivity index (χ0) is 12.0. The average Bonchev–Trinajstić information content (AvgIpc) is 2.92. The molecule has 2 aliphatic rings. The van der Waals surface area contributed by atoms with Crippen molar-refractivity contribution >= 4 is 22.9 Å². The summed E-state index contributed by atoms with van der Waals surface area (Å²) in [5.41, 5.74) is 6.56. The summed E-state index contributed by atoms with van der Waals surface area (Å²) in [6.45, 7) is 3.89. The number of amides is 1. The van der Waals surface area contributed by atoms with Gasteiger partial charge in [0.15, 0.2) is 0 Å². The van der Waals surface area contributed by atoms with Gasteiger partial charge in [0, 0.05) is 23.7 Å². The van der Waals surface area contributed by atoms with E-state index in [2.05, 4.69) is 0 Å². The molecule has 0 aromatic carbocycles. The van der Waals surface area contributed by atoms with Gasteiger partial charge in [-0.25, -0.2) is 0 Å². The predicted octanol–water partition coefficient (Wildman–Crippen LogP) is 2.51. The van der Waals surface area contributed by atoms with Gasteiger partial charge in [-0.3, -0.25) is 4.79 Å². The molecule has 4 heteroatoms. The van der Waals surface area contributed by atoms with Gasteiger partial charge >= 0.3 is 0 Å². The number of rotatable bonds is 1. The summed E-state index contributed by atoms with van der Waals surface area (Å²) in [4.78, 5) is 16.2. The predicted molar refractivity (Wildman–Crippen MR) is 70.2 cm³/mol. The molecule has 2 fully saturated rings. The Bertz CT molecular complexity index is 423. The highest BCUT2D eigenvalue weighted by atomic mass is 32.1. The van der Waals surface area contributed by atoms with Gasteiger partial charge in [-0.2, -0.15) is 0 Å². The molecule has 2 atom stereocenters. The number of likely N-dealkylation sites (tertiary alicyclic amines) is 1. The van der Waals surface area contributed by atoms with E-state index in [1.165, 1.54) is 30.6 Å². The number of carbonyl (C=O) groups is 1. The standard InChI is InChI=1S/C13H18N2OS/c1-8-11(14)5-12(17-8)13(16)15-6-9-3-2-4-10(9)7-15/h5,9-10H,2-4,6-7,14H2,1H3. The lowest BCUT2D eigenvalue weighted by Gasteiger charge is -2.15. The normalized spacial score (nSPS) is 27.5. The van der Waals surface area contributed by atoms with Crippen molar-refractivity contribution in [3.8, 4) is 0 Å². The number of nitrogen functional groups attached to an aromatic ring is 1. The minimum Gasteiger partial charge on any atom is -0.398 e. The number of nitrogens with two attached hydrogens (primary N) is 1. The first-order valence-electron chi connectivity index (χ1n) is 6.30. The largest absolute Gasteiger partial charge is 0.398 e. The van der Waals surface area contributed by atoms with Gasteiger partial charge in [-0.15, -0.1) is 11.3 Å². The van der Waals surface area contributed by atoms with Crippen LogP contribution in [0, 0.1) is 18.8 Å². The Balaban J connectivity index is 1.75. The number of fused-ring (bicyclic) bond motifs is 1. The number of anilines is 1. The van der Waals surface area contributed by atoms with Crippen LogP contribution >= 0.6 is 11.3 Å². The van der Waals surface area contributed by atoms with Gasteiger partial charge in [-0.1, -0.05) is 6.42 Å². The van der Waals surface area contributed by atoms with Crippen molar-refractivity contribution in [1.82, 2.24) is 4.90 Å². The summed E-state index contributed by atoms with van der Waals surface area (Å²) in [6.07, 6.45) is 3.96. The molecule has 0 spiro atoms. The fraction of sp³-hybridized carbons (Fsp3) is 0.615. The van der Waals surface area contributed by atoms with Crippen molar-refractivity contribution in [1.29, 1.82) is 0 Å². The Morgan fingerprint density at radius 2 is 2.06 bits per heavy atom. The maximum atomic E-state index is 12.3. The third-order valence-electron chi connectivity index (χ3n) is 4.18. The number of aryl methyl sites for hydroxylation is 1. The second-order valence-electron chi connectivity index (χ2n) is 5.28. The molecule has 1 aromatic heterocycles. The van der Waals surface area contributed by atoms with Crippen LogP contribution in [0.5, 0.6) is 0 Å². The third-order valence-corrected chi connectivity index (χ3v) is 5.23. The minimum absolute atomic E-state index is 0.184. The fourth-order valence-corrected chi connectivity index (χ4v) is 4.07. The molecule has 2 heterocycles. The maximum absolute atomic E-state index is 12.3. The summed E-state index contributed by atoms with van der Waals surface area (Å²) < 4.78 is 0. The van der Waals surface area contributed by atoms with Crippen LogP contribution in [0.2, 0.25) is 0 Å². The van der Waals surface area contributed by atoms with Gasteiger partial charge in [0.05, 0.1) is 4.88 Å². The van der Waals surface area contributed by atoms with Crippen LogP contribution in [0.25, 0.3) is 0 Å². The van der Waals surface area contributed by atoms with Gasteiger partial charge < -0.3 is 10.6 Å². The fourth-order valence-electron chi connectivity index (χ4n) is 3.16. The highest BCUT2D eigenvalue weighted by Gasteiger charge is 2.38. The highest BCUT2D eigenvalue weighted by molar-refractivity contribution is 7.14. The Labute approximate surface area is 106 Å². The van der Waals surface area contributed by atoms with Crippen LogP contribution in [0.3, 0.4) is 0 Å². The number of hydrogen-bond acceptors (Lipinski definition) is 3. The lowest BCUT2D eigenvalue weighted by Crippen LogP contribution is -2.28. The van der Waals surface area contributed by atoms with E-state index in [1.807, 2.05) is 17.9 Å². The second-order valence-corrected chi connectivity index (χ2v) is 6.54. The molecule has 3 rings (SSSR count). The van der Waals surface area contributed by atoms with Crippen molar-refractivity contribution < 1.29 is 4.79 Å². The third kappa shape index (κ3) is 1.84. The maximum Gasteiger partial charge on any atom is 0.264 e. The van der Waals surface area contributed by atoms with Gasteiger partial charge in [0.2, 0.25) is 0 Å². The number of thiophene rings is 1. The molecule has 17 heavy (non-hydrogen) atoms. The second kappa shape index (κ2) is 4.02. The molecule has 2 N–H and O–H groups in total. The van der Waals surface area contributed by atoms with E-state index in [4.69, 9.17) is 5.73 Å². The van der Waals surface area contributed by atoms with Crippen molar-refractivity contribution in [2.45, 2.75) is 26.2 Å². The Kier molecular flexibility index (Phi) is 2.62. The quantitative estimate of drug-likeness (QED) is 0.832. The zero-order valence-electron chi connectivity index (χ0n) is 10.1. The molecule has 1 aromatic rings. The molecule has 0 bridgehead atoms. The lowest BCUT2D eigenvalue weighted by atomic mass is 10.0. The van der Waals surface area contributed by atoms with Crippen LogP contribution in [-0.4, -0.2) is 23.9 Å². The number of carbonyl (C=O) groups excluding carboxylic acids is 1. The Hall–Kier alpha value is -1.03. The van der Waals surface area contributed by atoms with E-state index in [0.717, 1.165) is 40.4 Å². The van der Waals surface area contributed by atoms with E-state index < -0.39 is 0 Å². The molecule has 3 nitrogen and oxygen atoms in total. The van der Waals surface area contributed by atoms with Crippen molar-refractivity contribution in [3.05, 3.63) is 15.8 Å². The van der Waals surface area contributed by atoms with E-state index in [-0.39, 0.29) is 5.91 Å². The molecular formula is C13H18N2OS. The number of nitrogens with zero attached hydrogens (tertiary/aromatic N) is 1. The summed E-state index contributed by atoms with van der Waals surface area (Å²) in [7, 11) is 0. The first kappa shape index (κ1) is 11.1. The smallest absolute Gasteiger partial charge is 0.264 e. The van der Waals surface area contributed by atoms with Crippen LogP contribution in [-0.2, 0) is 0 Å². The topological polar surface area (TPSA) is 46.3 Å². The first-order valence-corrected chi connectivity index (χ1v) is 7.12. The van der Waals surface area contributed by atoms with Crippen LogP contribution in [0.4, 0.5) is 5.69 Å². The van der Waals surface area contributed by atoms with Crippen LogP contribution in [0.15, 0.2) is 6.07 Å². The minimum atomic E-state index is 0.184. The van der Waals surface area contributed by atoms with Crippen LogP contribution in [0.1, 0.15) is 33.8 Å². The molecule has 1 amide bonds. The molecular weight excluding hydrogens is 232 g/mol. The summed E-state index contributed by atoms with van der Waals surface area (Å²) >= 11 is 1.52. The molecule has 1 saturated carbocycles. The average molecular weight is 250 g/mol. The first-order chi connectivity index (χ1) is 8.15. The molecule has 2 unspecified atom stereocenters. The molecule has 1 aliphatic heterocycles. The summed E-state index contributed by atoms with van der Waals surface area (Å²) in [5, 5.41) is 0. The van der Waals surface area contributed by atoms with E-state index in [9.17, 15) is 4.79 Å². The molecule has 1 saturated heterocycles. The van der Waals surface area contributed by atoms with Gasteiger partial charge in [-0.05, 0) is 37.7 Å². The van der Waals surface area contributed by atoms with Crippen molar-refractivity contribution in [2.24, 2.45) is 11.8 Å². The zero-order valence-corrected chi connectivity index (χ0v) is 10.9. The van der Waals surface area contributed by atoms with E-state index in [0.29, 0.717) is 0 Å². The highest BCUT2D eigenvalue weighted by Crippen LogP contribution is 2.38. The molecule has 1 aliphatic carbocycles. The van der Waals surface area contributed by atoms with E-state index in [1.54, 1.807) is 0 Å². The molecule has 0 radical (unpaired) electrons. The SMILES string of the molecule is Cc1sc(C(=O)N2CC3CCCC3C2)cc1N. The number of hydrogen-bond donors (Lipinski definition) is 1. The Morgan fingerprint density at radius 1 is 1.41 bits per heavy atom. The summed E-state index contributed by atoms with van der Waals surface area (Å²) in [6, 6.07) is 1.83. The summed E-state index contributed by atoms with van der Waals surface area (Å²) in [5.74, 6) is 1.71. The Morgan fingerprint density at radius 3 is 2.59 bits per heavy atom. The van der Waals surface area contributed by atoms with Crippen LogP contribution < -0.4 is 5.73 Å². The van der Waals surface area contributed by atoms with Crippen molar-refractivity contribution in [2.75, 3.05) is 18.8 Å². The van der Waals surface area contributed by atoms with Gasteiger partial charge in [0.1, 0.15) is 0 Å². The lowest BCUT2D eigenvalue weighted by molar-refractivity contribution is 0.0785. The van der Waals surface area contributed by atoms with E-state index >= 15 is 0 Å². The molecule has 92 valence electrons. The van der Waals surface area contributed by atoms with Crippen molar-refractivity contribution in [3.63, 3.8) is 0 Å². The van der Waals surface area contributed by atoms with Gasteiger partial charge in [0.25, 0.3) is 5.91 Å². The monoisotopic (exact) mass is 250 g/mol.